The molecule has 6 heteroatoms. The van der Waals surface area contributed by atoms with Crippen molar-refractivity contribution in [2.24, 2.45) is 0 Å². The summed E-state index contributed by atoms with van der Waals surface area (Å²) in [6.45, 7) is 2.77. The van der Waals surface area contributed by atoms with Gasteiger partial charge in [0.15, 0.2) is 0 Å². The fraction of sp³-hybridized carbons (Fsp3) is 0.364. The molecule has 2 aromatic carbocycles. The molecule has 1 aliphatic rings. The molecule has 0 unspecified atom stereocenters. The van der Waals surface area contributed by atoms with E-state index < -0.39 is 0 Å². The number of likely N-dealkylation sites (tertiary alicyclic amines) is 1. The van der Waals surface area contributed by atoms with Crippen molar-refractivity contribution in [2.75, 3.05) is 26.7 Å². The molecule has 0 aliphatic carbocycles. The summed E-state index contributed by atoms with van der Waals surface area (Å²) in [5, 5.41) is 1.89. The van der Waals surface area contributed by atoms with Crippen LogP contribution in [-0.2, 0) is 11.3 Å². The van der Waals surface area contributed by atoms with Crippen LogP contribution in [0.15, 0.2) is 48.5 Å². The summed E-state index contributed by atoms with van der Waals surface area (Å²) in [6, 6.07) is 16.1. The predicted octanol–water partition coefficient (Wildman–Crippen LogP) is 4.79. The van der Waals surface area contributed by atoms with E-state index in [2.05, 4.69) is 23.1 Å². The number of nitrogens with zero attached hydrogens (tertiary/aromatic N) is 3. The molecule has 2 heterocycles. The predicted molar refractivity (Wildman–Crippen MR) is 116 cm³/mol. The van der Waals surface area contributed by atoms with Crippen LogP contribution >= 0.6 is 22.9 Å². The molecule has 146 valence electrons. The van der Waals surface area contributed by atoms with Crippen molar-refractivity contribution < 1.29 is 4.79 Å². The molecular formula is C22H24ClN3OS. The van der Waals surface area contributed by atoms with Crippen LogP contribution in [0.25, 0.3) is 10.2 Å². The van der Waals surface area contributed by atoms with Crippen LogP contribution in [0, 0.1) is 0 Å². The van der Waals surface area contributed by atoms with Gasteiger partial charge in [-0.2, -0.15) is 0 Å². The van der Waals surface area contributed by atoms with Crippen LogP contribution < -0.4 is 0 Å². The first kappa shape index (κ1) is 19.4. The molecule has 1 amide bonds. The van der Waals surface area contributed by atoms with E-state index in [1.165, 1.54) is 4.70 Å². The number of amides is 1. The quantitative estimate of drug-likeness (QED) is 0.603. The third kappa shape index (κ3) is 4.54. The third-order valence-corrected chi connectivity index (χ3v) is 6.66. The zero-order valence-corrected chi connectivity index (χ0v) is 17.5. The lowest BCUT2D eigenvalue weighted by Crippen LogP contribution is -2.43. The summed E-state index contributed by atoms with van der Waals surface area (Å²) in [6.07, 6.45) is 2.14. The third-order valence-electron chi connectivity index (χ3n) is 5.20. The number of hydrogen-bond donors (Lipinski definition) is 0. The number of carbonyl (C=O) groups excluding carboxylic acids is 1. The number of halogens is 1. The van der Waals surface area contributed by atoms with E-state index in [0.29, 0.717) is 12.5 Å². The smallest absolute Gasteiger partial charge is 0.236 e. The molecule has 28 heavy (non-hydrogen) atoms. The lowest BCUT2D eigenvalue weighted by atomic mass is 9.98. The Kier molecular flexibility index (Phi) is 5.95. The first-order valence-corrected chi connectivity index (χ1v) is 10.8. The van der Waals surface area contributed by atoms with Crippen LogP contribution in [0.1, 0.15) is 29.3 Å². The topological polar surface area (TPSA) is 36.4 Å². The largest absolute Gasteiger partial charge is 0.341 e. The zero-order chi connectivity index (χ0) is 19.5. The number of rotatable bonds is 5. The van der Waals surface area contributed by atoms with E-state index in [1.807, 2.05) is 42.3 Å². The fourth-order valence-electron chi connectivity index (χ4n) is 3.76. The van der Waals surface area contributed by atoms with Crippen molar-refractivity contribution >= 4 is 39.1 Å². The van der Waals surface area contributed by atoms with Crippen molar-refractivity contribution in [1.29, 1.82) is 0 Å². The van der Waals surface area contributed by atoms with Crippen molar-refractivity contribution in [2.45, 2.75) is 25.3 Å². The monoisotopic (exact) mass is 413 g/mol. The Morgan fingerprint density at radius 3 is 2.82 bits per heavy atom. The minimum absolute atomic E-state index is 0.197. The van der Waals surface area contributed by atoms with Gasteiger partial charge in [0.25, 0.3) is 0 Å². The molecular weight excluding hydrogens is 390 g/mol. The first-order valence-electron chi connectivity index (χ1n) is 9.65. The Morgan fingerprint density at radius 2 is 2.04 bits per heavy atom. The highest BCUT2D eigenvalue weighted by molar-refractivity contribution is 7.18. The molecule has 1 atom stereocenters. The van der Waals surface area contributed by atoms with E-state index in [4.69, 9.17) is 16.6 Å². The minimum Gasteiger partial charge on any atom is -0.341 e. The second-order valence-electron chi connectivity index (χ2n) is 7.50. The molecule has 0 spiro atoms. The average Bonchev–Trinajstić information content (AvgIpc) is 3.14. The molecule has 0 N–H and O–H groups in total. The number of likely N-dealkylation sites (N-methyl/N-ethyl adjacent to an activating group) is 1. The van der Waals surface area contributed by atoms with Gasteiger partial charge in [-0.25, -0.2) is 4.98 Å². The van der Waals surface area contributed by atoms with Gasteiger partial charge < -0.3 is 4.90 Å². The summed E-state index contributed by atoms with van der Waals surface area (Å²) in [4.78, 5) is 21.7. The zero-order valence-electron chi connectivity index (χ0n) is 16.0. The molecule has 1 aliphatic heterocycles. The SMILES string of the molecule is CN(CC(=O)N1CCC[C@H](c2nc3ccccc3s2)C1)Cc1ccc(Cl)cc1. The molecule has 4 nitrogen and oxygen atoms in total. The van der Waals surface area contributed by atoms with E-state index in [-0.39, 0.29) is 5.91 Å². The molecule has 1 saturated heterocycles. The van der Waals surface area contributed by atoms with Crippen molar-refractivity contribution in [3.8, 4) is 0 Å². The Hall–Kier alpha value is -1.95. The number of fused-ring (bicyclic) bond motifs is 1. The number of aromatic nitrogens is 1. The normalized spacial score (nSPS) is 17.4. The van der Waals surface area contributed by atoms with Gasteiger partial charge in [-0.15, -0.1) is 11.3 Å². The standard InChI is InChI=1S/C22H24ClN3OS/c1-25(13-16-8-10-18(23)11-9-16)15-21(27)26-12-4-5-17(14-26)22-24-19-6-2-3-7-20(19)28-22/h2-3,6-11,17H,4-5,12-15H2,1H3/t17-/m0/s1. The Morgan fingerprint density at radius 1 is 1.25 bits per heavy atom. The van der Waals surface area contributed by atoms with Crippen LogP contribution in [0.2, 0.25) is 5.02 Å². The number of benzene rings is 2. The van der Waals surface area contributed by atoms with Gasteiger partial charge in [0.05, 0.1) is 21.8 Å². The number of thiazole rings is 1. The Balaban J connectivity index is 1.36. The van der Waals surface area contributed by atoms with E-state index in [1.54, 1.807) is 11.3 Å². The summed E-state index contributed by atoms with van der Waals surface area (Å²) in [7, 11) is 1.99. The Labute approximate surface area is 174 Å². The van der Waals surface area contributed by atoms with Gasteiger partial charge in [-0.3, -0.25) is 9.69 Å². The number of carbonyl (C=O) groups is 1. The number of piperidine rings is 1. The highest BCUT2D eigenvalue weighted by Gasteiger charge is 2.27. The average molecular weight is 414 g/mol. The minimum atomic E-state index is 0.197. The van der Waals surface area contributed by atoms with E-state index in [0.717, 1.165) is 53.6 Å². The van der Waals surface area contributed by atoms with Gasteiger partial charge in [-0.1, -0.05) is 35.9 Å². The maximum atomic E-state index is 12.8. The van der Waals surface area contributed by atoms with Crippen LogP contribution in [-0.4, -0.2) is 47.4 Å². The Bertz CT molecular complexity index is 923. The van der Waals surface area contributed by atoms with Gasteiger partial charge >= 0.3 is 0 Å². The summed E-state index contributed by atoms with van der Waals surface area (Å²) < 4.78 is 1.23. The number of hydrogen-bond acceptors (Lipinski definition) is 4. The second kappa shape index (κ2) is 8.60. The molecule has 4 rings (SSSR count). The van der Waals surface area contributed by atoms with Crippen LogP contribution in [0.5, 0.6) is 0 Å². The summed E-state index contributed by atoms with van der Waals surface area (Å²) >= 11 is 7.71. The first-order chi connectivity index (χ1) is 13.6. The van der Waals surface area contributed by atoms with Crippen molar-refractivity contribution in [3.05, 3.63) is 64.1 Å². The molecule has 0 bridgehead atoms. The van der Waals surface area contributed by atoms with Gasteiger partial charge in [0.2, 0.25) is 5.91 Å². The lowest BCUT2D eigenvalue weighted by Gasteiger charge is -2.33. The summed E-state index contributed by atoms with van der Waals surface area (Å²) in [5.74, 6) is 0.541. The molecule has 0 radical (unpaired) electrons. The van der Waals surface area contributed by atoms with Crippen LogP contribution in [0.4, 0.5) is 0 Å². The fourth-order valence-corrected chi connectivity index (χ4v) is 4.98. The highest BCUT2D eigenvalue weighted by atomic mass is 35.5. The molecule has 3 aromatic rings. The van der Waals surface area contributed by atoms with E-state index >= 15 is 0 Å². The summed E-state index contributed by atoms with van der Waals surface area (Å²) in [5.41, 5.74) is 2.22. The lowest BCUT2D eigenvalue weighted by molar-refractivity contribution is -0.133. The van der Waals surface area contributed by atoms with Crippen molar-refractivity contribution in [3.63, 3.8) is 0 Å². The number of para-hydroxylation sites is 1. The maximum absolute atomic E-state index is 12.8. The molecule has 0 saturated carbocycles. The van der Waals surface area contributed by atoms with Gasteiger partial charge in [0, 0.05) is 30.6 Å². The van der Waals surface area contributed by atoms with Crippen LogP contribution in [0.3, 0.4) is 0 Å². The molecule has 1 aromatic heterocycles. The van der Waals surface area contributed by atoms with Crippen molar-refractivity contribution in [1.82, 2.24) is 14.8 Å². The molecule has 1 fully saturated rings. The maximum Gasteiger partial charge on any atom is 0.236 e. The van der Waals surface area contributed by atoms with E-state index in [9.17, 15) is 4.79 Å². The van der Waals surface area contributed by atoms with Gasteiger partial charge in [0.1, 0.15) is 0 Å². The van der Waals surface area contributed by atoms with Gasteiger partial charge in [-0.05, 0) is 49.7 Å². The highest BCUT2D eigenvalue weighted by Crippen LogP contribution is 2.33. The second-order valence-corrected chi connectivity index (χ2v) is 9.00.